The number of allylic oxidation sites excluding steroid dienone is 2. The molecule has 2 unspecified atom stereocenters. The molecule has 4 nitrogen and oxygen atoms in total. The van der Waals surface area contributed by atoms with E-state index in [1.54, 1.807) is 7.11 Å². The molecule has 0 aromatic rings. The van der Waals surface area contributed by atoms with Crippen molar-refractivity contribution in [2.24, 2.45) is 29.6 Å². The molecule has 3 aliphatic rings. The van der Waals surface area contributed by atoms with E-state index in [9.17, 15) is 15.0 Å². The smallest absolute Gasteiger partial charge is 0.162 e. The number of hydrogen-bond donors (Lipinski definition) is 2. The van der Waals surface area contributed by atoms with Crippen molar-refractivity contribution in [2.75, 3.05) is 13.7 Å². The fourth-order valence-electron chi connectivity index (χ4n) is 5.33. The number of methoxy groups -OCH3 is 1. The summed E-state index contributed by atoms with van der Waals surface area (Å²) in [5, 5.41) is 22.0. The van der Waals surface area contributed by atoms with Crippen molar-refractivity contribution in [3.8, 4) is 0 Å². The number of ether oxygens (including phenoxy) is 1. The lowest BCUT2D eigenvalue weighted by atomic mass is 9.74. The fraction of sp³-hybridized carbons (Fsp3) is 0.762. The van der Waals surface area contributed by atoms with Crippen molar-refractivity contribution in [1.82, 2.24) is 0 Å². The van der Waals surface area contributed by atoms with Gasteiger partial charge >= 0.3 is 0 Å². The molecule has 0 saturated heterocycles. The van der Waals surface area contributed by atoms with Crippen LogP contribution in [0.5, 0.6) is 0 Å². The standard InChI is InChI=1S/C21H32O4/c1-11(2)19-16-9-18(22)12(3)14-6-7-21(24,10-25-5)17(14)8-15(16)13(4)20(19)23/h8,11-15,18,22,24H,6-7,9-10H2,1-5H3/b17-8+/t12-,13+,14+,15+,18?,21?/m1/s1. The molecule has 1 saturated carbocycles. The summed E-state index contributed by atoms with van der Waals surface area (Å²) in [7, 11) is 1.61. The van der Waals surface area contributed by atoms with Crippen LogP contribution in [0.25, 0.3) is 0 Å². The molecule has 1 fully saturated rings. The van der Waals surface area contributed by atoms with E-state index >= 15 is 0 Å². The molecule has 0 aromatic heterocycles. The number of carbonyl (C=O) groups excluding carboxylic acids is 1. The summed E-state index contributed by atoms with van der Waals surface area (Å²) in [6, 6.07) is 0. The van der Waals surface area contributed by atoms with Gasteiger partial charge in [0.2, 0.25) is 0 Å². The van der Waals surface area contributed by atoms with Gasteiger partial charge in [0.25, 0.3) is 0 Å². The molecule has 0 aromatic carbocycles. The van der Waals surface area contributed by atoms with E-state index < -0.39 is 11.7 Å². The number of aliphatic hydroxyl groups is 2. The van der Waals surface area contributed by atoms with Gasteiger partial charge in [0.05, 0.1) is 12.7 Å². The Bertz CT molecular complexity index is 617. The maximum atomic E-state index is 12.8. The fourth-order valence-corrected chi connectivity index (χ4v) is 5.33. The minimum absolute atomic E-state index is 0.00830. The first kappa shape index (κ1) is 18.8. The van der Waals surface area contributed by atoms with Gasteiger partial charge in [-0.3, -0.25) is 4.79 Å². The molecule has 140 valence electrons. The molecular formula is C21H32O4. The second-order valence-corrected chi connectivity index (χ2v) is 8.63. The number of hydrogen-bond acceptors (Lipinski definition) is 4. The van der Waals surface area contributed by atoms with E-state index in [2.05, 4.69) is 26.8 Å². The first-order valence-electron chi connectivity index (χ1n) is 9.60. The summed E-state index contributed by atoms with van der Waals surface area (Å²) < 4.78 is 5.30. The molecule has 2 N–H and O–H groups in total. The first-order valence-corrected chi connectivity index (χ1v) is 9.60. The Kier molecular flexibility index (Phi) is 5.00. The Morgan fingerprint density at radius 1 is 1.36 bits per heavy atom. The third-order valence-electron chi connectivity index (χ3n) is 6.76. The van der Waals surface area contributed by atoms with Gasteiger partial charge in [-0.15, -0.1) is 0 Å². The molecule has 0 heterocycles. The van der Waals surface area contributed by atoms with Crippen LogP contribution in [-0.2, 0) is 9.53 Å². The van der Waals surface area contributed by atoms with Crippen LogP contribution in [-0.4, -0.2) is 41.4 Å². The van der Waals surface area contributed by atoms with Crippen LogP contribution in [0.1, 0.15) is 47.0 Å². The van der Waals surface area contributed by atoms with Crippen LogP contribution in [0.4, 0.5) is 0 Å². The minimum atomic E-state index is -0.973. The summed E-state index contributed by atoms with van der Waals surface area (Å²) in [6.45, 7) is 8.42. The number of rotatable bonds is 3. The van der Waals surface area contributed by atoms with E-state index in [-0.39, 0.29) is 42.0 Å². The normalized spacial score (nSPS) is 43.6. The van der Waals surface area contributed by atoms with Crippen LogP contribution >= 0.6 is 0 Å². The van der Waals surface area contributed by atoms with E-state index in [1.165, 1.54) is 0 Å². The second kappa shape index (κ2) is 6.64. The summed E-state index contributed by atoms with van der Waals surface area (Å²) in [4.78, 5) is 12.8. The number of fused-ring (bicyclic) bond motifs is 2. The highest BCUT2D eigenvalue weighted by molar-refractivity contribution is 6.01. The Labute approximate surface area is 151 Å². The van der Waals surface area contributed by atoms with E-state index in [0.29, 0.717) is 12.8 Å². The SMILES string of the molecule is COCC1(O)CC[C@@H]2/C1=C\[C@@H]1C(=C(C(C)C)C(=O)[C@H]1C)CC(O)[C@@H]2C. The highest BCUT2D eigenvalue weighted by Gasteiger charge is 2.49. The molecule has 0 aliphatic heterocycles. The molecular weight excluding hydrogens is 316 g/mol. The van der Waals surface area contributed by atoms with Gasteiger partial charge in [-0.05, 0) is 48.2 Å². The molecule has 0 spiro atoms. The van der Waals surface area contributed by atoms with Gasteiger partial charge in [-0.1, -0.05) is 39.3 Å². The highest BCUT2D eigenvalue weighted by Crippen LogP contribution is 2.51. The molecule has 3 rings (SSSR count). The molecule has 0 amide bonds. The third-order valence-corrected chi connectivity index (χ3v) is 6.76. The zero-order valence-corrected chi connectivity index (χ0v) is 16.1. The van der Waals surface area contributed by atoms with Gasteiger partial charge in [-0.2, -0.15) is 0 Å². The average molecular weight is 348 g/mol. The lowest BCUT2D eigenvalue weighted by Crippen LogP contribution is -2.37. The number of ketones is 1. The van der Waals surface area contributed by atoms with Crippen LogP contribution in [0.15, 0.2) is 22.8 Å². The Morgan fingerprint density at radius 2 is 2.04 bits per heavy atom. The Hall–Kier alpha value is -0.970. The molecule has 6 atom stereocenters. The van der Waals surface area contributed by atoms with Crippen LogP contribution < -0.4 is 0 Å². The second-order valence-electron chi connectivity index (χ2n) is 8.63. The van der Waals surface area contributed by atoms with Crippen LogP contribution in [0, 0.1) is 29.6 Å². The number of aliphatic hydroxyl groups excluding tert-OH is 1. The third kappa shape index (κ3) is 2.92. The van der Waals surface area contributed by atoms with Gasteiger partial charge in [-0.25, -0.2) is 0 Å². The van der Waals surface area contributed by atoms with Crippen molar-refractivity contribution >= 4 is 5.78 Å². The monoisotopic (exact) mass is 348 g/mol. The Morgan fingerprint density at radius 3 is 2.64 bits per heavy atom. The van der Waals surface area contributed by atoms with E-state index in [1.807, 2.05) is 6.92 Å². The van der Waals surface area contributed by atoms with Gasteiger partial charge in [0.1, 0.15) is 5.60 Å². The van der Waals surface area contributed by atoms with E-state index in [0.717, 1.165) is 23.1 Å². The van der Waals surface area contributed by atoms with Crippen molar-refractivity contribution in [3.05, 3.63) is 22.8 Å². The molecule has 0 radical (unpaired) electrons. The average Bonchev–Trinajstić information content (AvgIpc) is 2.96. The quantitative estimate of drug-likeness (QED) is 0.770. The highest BCUT2D eigenvalue weighted by atomic mass is 16.5. The van der Waals surface area contributed by atoms with Gasteiger partial charge < -0.3 is 14.9 Å². The predicted molar refractivity (Wildman–Crippen MR) is 96.9 cm³/mol. The van der Waals surface area contributed by atoms with Crippen molar-refractivity contribution < 1.29 is 19.7 Å². The lowest BCUT2D eigenvalue weighted by molar-refractivity contribution is -0.118. The summed E-state index contributed by atoms with van der Waals surface area (Å²) in [5.41, 5.74) is 1.99. The van der Waals surface area contributed by atoms with Crippen molar-refractivity contribution in [3.63, 3.8) is 0 Å². The molecule has 3 aliphatic carbocycles. The maximum absolute atomic E-state index is 12.8. The maximum Gasteiger partial charge on any atom is 0.162 e. The molecule has 25 heavy (non-hydrogen) atoms. The lowest BCUT2D eigenvalue weighted by Gasteiger charge is -2.35. The molecule has 0 bridgehead atoms. The first-order chi connectivity index (χ1) is 11.7. The predicted octanol–water partition coefficient (Wildman–Crippen LogP) is 2.89. The minimum Gasteiger partial charge on any atom is -0.392 e. The van der Waals surface area contributed by atoms with Crippen molar-refractivity contribution in [1.29, 1.82) is 0 Å². The van der Waals surface area contributed by atoms with Crippen LogP contribution in [0.3, 0.4) is 0 Å². The summed E-state index contributed by atoms with van der Waals surface area (Å²) in [5.74, 6) is 0.456. The van der Waals surface area contributed by atoms with Crippen LogP contribution in [0.2, 0.25) is 0 Å². The number of Topliss-reactive ketones (excluding diaryl/α,β-unsaturated/α-hetero) is 1. The van der Waals surface area contributed by atoms with Gasteiger partial charge in [0.15, 0.2) is 5.78 Å². The summed E-state index contributed by atoms with van der Waals surface area (Å²) >= 11 is 0. The topological polar surface area (TPSA) is 66.8 Å². The number of carbonyl (C=O) groups is 1. The van der Waals surface area contributed by atoms with Crippen molar-refractivity contribution in [2.45, 2.75) is 58.7 Å². The zero-order chi connectivity index (χ0) is 18.5. The Balaban J connectivity index is 2.14. The largest absolute Gasteiger partial charge is 0.392 e. The zero-order valence-electron chi connectivity index (χ0n) is 16.1. The van der Waals surface area contributed by atoms with Gasteiger partial charge in [0, 0.05) is 18.9 Å². The van der Waals surface area contributed by atoms with E-state index in [4.69, 9.17) is 4.74 Å². The summed E-state index contributed by atoms with van der Waals surface area (Å²) in [6.07, 6.45) is 3.75. The molecule has 4 heteroatoms.